The molecule has 3 N–H and O–H groups in total. The number of primary amides is 1. The first-order valence-corrected chi connectivity index (χ1v) is 12.9. The summed E-state index contributed by atoms with van der Waals surface area (Å²) in [5.74, 6) is -0.956. The highest BCUT2D eigenvalue weighted by Gasteiger charge is 2.25. The summed E-state index contributed by atoms with van der Waals surface area (Å²) in [6.45, 7) is 1.96. The van der Waals surface area contributed by atoms with Crippen molar-refractivity contribution in [1.82, 2.24) is 24.5 Å². The molecule has 0 saturated carbocycles. The quantitative estimate of drug-likeness (QED) is 0.262. The number of methoxy groups -OCH3 is 1. The molecule has 1 unspecified atom stereocenters. The SMILES string of the molecule is CCCCC(C(=O)Nc1ccc(C(N)=O)nc1)n1cc(OC)c(-c2cc(Cl)ccc2-n2cc(C(F)F)nn2)cc1=O. The molecule has 3 aromatic heterocycles. The summed E-state index contributed by atoms with van der Waals surface area (Å²) >= 11 is 6.26. The van der Waals surface area contributed by atoms with Crippen molar-refractivity contribution in [3.63, 3.8) is 0 Å². The minimum Gasteiger partial charge on any atom is -0.495 e. The lowest BCUT2D eigenvalue weighted by molar-refractivity contribution is -0.119. The van der Waals surface area contributed by atoms with Gasteiger partial charge in [-0.25, -0.2) is 18.4 Å². The number of nitrogens with two attached hydrogens (primary N) is 1. The minimum absolute atomic E-state index is 0.0405. The lowest BCUT2D eigenvalue weighted by Gasteiger charge is -2.21. The van der Waals surface area contributed by atoms with Gasteiger partial charge in [0.25, 0.3) is 17.9 Å². The van der Waals surface area contributed by atoms with Crippen molar-refractivity contribution in [3.05, 3.63) is 81.8 Å². The molecular formula is C27H26ClF2N7O4. The van der Waals surface area contributed by atoms with Gasteiger partial charge in [0.2, 0.25) is 5.91 Å². The number of alkyl halides is 2. The molecule has 0 aliphatic rings. The Morgan fingerprint density at radius 3 is 2.54 bits per heavy atom. The second-order valence-electron chi connectivity index (χ2n) is 8.99. The molecular weight excluding hydrogens is 560 g/mol. The van der Waals surface area contributed by atoms with Gasteiger partial charge in [-0.3, -0.25) is 19.0 Å². The van der Waals surface area contributed by atoms with Crippen LogP contribution in [0.4, 0.5) is 14.5 Å². The van der Waals surface area contributed by atoms with E-state index in [1.54, 1.807) is 18.2 Å². The van der Waals surface area contributed by atoms with Gasteiger partial charge in [0.15, 0.2) is 0 Å². The van der Waals surface area contributed by atoms with Crippen LogP contribution in [-0.4, -0.2) is 43.5 Å². The number of hydrogen-bond acceptors (Lipinski definition) is 7. The molecule has 14 heteroatoms. The van der Waals surface area contributed by atoms with Gasteiger partial charge in [-0.2, -0.15) is 0 Å². The standard InChI is InChI=1S/C27H26ClF2N7O4/c1-3-4-5-22(27(40)33-16-7-8-19(26(31)39)32-12-16)36-14-23(41-2)18(11-24(36)38)17-10-15(28)6-9-21(17)37-13-20(25(29)30)34-35-37/h6-14,22,25H,3-5H2,1-2H3,(H2,31,39)(H,33,40). The number of nitrogens with one attached hydrogen (secondary N) is 1. The fourth-order valence-corrected chi connectivity index (χ4v) is 4.37. The molecule has 41 heavy (non-hydrogen) atoms. The van der Waals surface area contributed by atoms with E-state index in [9.17, 15) is 23.2 Å². The third-order valence-corrected chi connectivity index (χ3v) is 6.48. The van der Waals surface area contributed by atoms with E-state index in [0.29, 0.717) is 40.4 Å². The van der Waals surface area contributed by atoms with Gasteiger partial charge in [-0.1, -0.05) is 36.6 Å². The van der Waals surface area contributed by atoms with Crippen molar-refractivity contribution in [3.8, 4) is 22.6 Å². The number of unbranched alkanes of at least 4 members (excludes halogenated alkanes) is 1. The Balaban J connectivity index is 1.75. The topological polar surface area (TPSA) is 147 Å². The van der Waals surface area contributed by atoms with E-state index >= 15 is 0 Å². The van der Waals surface area contributed by atoms with Crippen LogP contribution in [-0.2, 0) is 4.79 Å². The molecule has 0 aliphatic carbocycles. The largest absolute Gasteiger partial charge is 0.495 e. The molecule has 1 atom stereocenters. The Labute approximate surface area is 237 Å². The van der Waals surface area contributed by atoms with Crippen molar-refractivity contribution >= 4 is 29.1 Å². The highest BCUT2D eigenvalue weighted by Crippen LogP contribution is 2.36. The average Bonchev–Trinajstić information content (AvgIpc) is 3.44. The number of aromatic nitrogens is 5. The monoisotopic (exact) mass is 585 g/mol. The number of halogens is 3. The second-order valence-corrected chi connectivity index (χ2v) is 9.43. The van der Waals surface area contributed by atoms with Crippen LogP contribution in [0.25, 0.3) is 16.8 Å². The maximum Gasteiger partial charge on any atom is 0.283 e. The van der Waals surface area contributed by atoms with Crippen molar-refractivity contribution in [2.24, 2.45) is 5.73 Å². The van der Waals surface area contributed by atoms with Crippen LogP contribution >= 0.6 is 11.6 Å². The number of ether oxygens (including phenoxy) is 1. The van der Waals surface area contributed by atoms with E-state index in [-0.39, 0.29) is 11.4 Å². The molecule has 0 aliphatic heterocycles. The summed E-state index contributed by atoms with van der Waals surface area (Å²) < 4.78 is 34.4. The molecule has 0 saturated heterocycles. The molecule has 4 rings (SSSR count). The number of pyridine rings is 2. The number of rotatable bonds is 11. The van der Waals surface area contributed by atoms with E-state index in [2.05, 4.69) is 20.6 Å². The predicted molar refractivity (Wildman–Crippen MR) is 148 cm³/mol. The first-order chi connectivity index (χ1) is 19.6. The van der Waals surface area contributed by atoms with Crippen LogP contribution in [0.3, 0.4) is 0 Å². The zero-order valence-electron chi connectivity index (χ0n) is 22.1. The van der Waals surface area contributed by atoms with E-state index in [4.69, 9.17) is 22.1 Å². The van der Waals surface area contributed by atoms with E-state index in [0.717, 1.165) is 17.3 Å². The number of benzene rings is 1. The van der Waals surface area contributed by atoms with Gasteiger partial charge in [0, 0.05) is 22.2 Å². The van der Waals surface area contributed by atoms with Crippen molar-refractivity contribution in [2.45, 2.75) is 38.7 Å². The number of anilines is 1. The van der Waals surface area contributed by atoms with Crippen molar-refractivity contribution in [2.75, 3.05) is 12.4 Å². The van der Waals surface area contributed by atoms with Gasteiger partial charge in [0.1, 0.15) is 23.2 Å². The van der Waals surface area contributed by atoms with Crippen molar-refractivity contribution < 1.29 is 23.1 Å². The number of carbonyl (C=O) groups excluding carboxylic acids is 2. The molecule has 4 aromatic rings. The molecule has 3 heterocycles. The number of hydrogen-bond donors (Lipinski definition) is 2. The zero-order valence-corrected chi connectivity index (χ0v) is 22.8. The maximum absolute atomic E-state index is 13.5. The first kappa shape index (κ1) is 29.3. The molecule has 0 radical (unpaired) electrons. The second kappa shape index (κ2) is 12.7. The Bertz CT molecular complexity index is 1620. The summed E-state index contributed by atoms with van der Waals surface area (Å²) in [6.07, 6.45) is 2.74. The molecule has 1 aromatic carbocycles. The smallest absolute Gasteiger partial charge is 0.283 e. The van der Waals surface area contributed by atoms with E-state index in [1.165, 1.54) is 42.3 Å². The van der Waals surface area contributed by atoms with Gasteiger partial charge in [-0.15, -0.1) is 5.10 Å². The maximum atomic E-state index is 13.5. The molecule has 0 bridgehead atoms. The average molecular weight is 586 g/mol. The van der Waals surface area contributed by atoms with Gasteiger partial charge >= 0.3 is 0 Å². The van der Waals surface area contributed by atoms with E-state index in [1.807, 2.05) is 6.92 Å². The molecule has 214 valence electrons. The minimum atomic E-state index is -2.82. The van der Waals surface area contributed by atoms with Crippen molar-refractivity contribution in [1.29, 1.82) is 0 Å². The van der Waals surface area contributed by atoms with Gasteiger partial charge in [0.05, 0.1) is 37.1 Å². The summed E-state index contributed by atoms with van der Waals surface area (Å²) in [5.41, 5.74) is 5.56. The number of amides is 2. The van der Waals surface area contributed by atoms with E-state index < -0.39 is 35.5 Å². The fraction of sp³-hybridized carbons (Fsp3) is 0.259. The Kier molecular flexibility index (Phi) is 9.07. The van der Waals surface area contributed by atoms with Gasteiger partial charge < -0.3 is 15.8 Å². The fourth-order valence-electron chi connectivity index (χ4n) is 4.20. The molecule has 2 amide bonds. The molecule has 11 nitrogen and oxygen atoms in total. The predicted octanol–water partition coefficient (Wildman–Crippen LogP) is 4.56. The Morgan fingerprint density at radius 2 is 1.93 bits per heavy atom. The van der Waals surface area contributed by atoms with Gasteiger partial charge in [-0.05, 0) is 36.8 Å². The lowest BCUT2D eigenvalue weighted by Crippen LogP contribution is -2.33. The lowest BCUT2D eigenvalue weighted by atomic mass is 10.0. The molecule has 0 fully saturated rings. The molecule has 0 spiro atoms. The van der Waals surface area contributed by atoms with Crippen LogP contribution < -0.4 is 21.3 Å². The first-order valence-electron chi connectivity index (χ1n) is 12.5. The Hall–Kier alpha value is -4.65. The third-order valence-electron chi connectivity index (χ3n) is 6.25. The van der Waals surface area contributed by atoms with Crippen LogP contribution in [0.15, 0.2) is 59.8 Å². The zero-order chi connectivity index (χ0) is 29.7. The summed E-state index contributed by atoms with van der Waals surface area (Å²) in [6, 6.07) is 7.89. The number of carbonyl (C=O) groups is 2. The van der Waals surface area contributed by atoms with Crippen LogP contribution in [0, 0.1) is 0 Å². The number of nitrogens with zero attached hydrogens (tertiary/aromatic N) is 5. The Morgan fingerprint density at radius 1 is 1.15 bits per heavy atom. The highest BCUT2D eigenvalue weighted by atomic mass is 35.5. The highest BCUT2D eigenvalue weighted by molar-refractivity contribution is 6.31. The van der Waals surface area contributed by atoms with Crippen LogP contribution in [0.1, 0.15) is 54.8 Å². The normalized spacial score (nSPS) is 11.9. The summed E-state index contributed by atoms with van der Waals surface area (Å²) in [7, 11) is 1.40. The summed E-state index contributed by atoms with van der Waals surface area (Å²) in [4.78, 5) is 42.1. The summed E-state index contributed by atoms with van der Waals surface area (Å²) in [5, 5.41) is 10.3. The van der Waals surface area contributed by atoms with Crippen LogP contribution in [0.5, 0.6) is 5.75 Å². The van der Waals surface area contributed by atoms with Crippen LogP contribution in [0.2, 0.25) is 5.02 Å². The third kappa shape index (κ3) is 6.57.